The minimum absolute atomic E-state index is 0.0878. The highest BCUT2D eigenvalue weighted by Gasteiger charge is 2.75. The highest BCUT2D eigenvalue weighted by atomic mass is 16.8. The van der Waals surface area contributed by atoms with Crippen molar-refractivity contribution >= 4 is 17.7 Å². The molecule has 0 aromatic carbocycles. The summed E-state index contributed by atoms with van der Waals surface area (Å²) in [5.74, 6) is -2.47. The predicted molar refractivity (Wildman–Crippen MR) is 255 cm³/mol. The third-order valence-electron chi connectivity index (χ3n) is 18.4. The number of Topliss-reactive ketones (excluding diaryl/α,β-unsaturated/α-hetero) is 1. The molecule has 0 spiro atoms. The van der Waals surface area contributed by atoms with Gasteiger partial charge in [0.05, 0.1) is 54.4 Å². The fourth-order valence-corrected chi connectivity index (χ4v) is 14.7. The number of aliphatic hydroxyl groups is 3. The molecule has 0 bridgehead atoms. The summed E-state index contributed by atoms with van der Waals surface area (Å²) in [7, 11) is 6.26. The molecule has 0 unspecified atom stereocenters. The van der Waals surface area contributed by atoms with Crippen LogP contribution < -0.4 is 0 Å². The second-order valence-electron chi connectivity index (χ2n) is 22.6. The van der Waals surface area contributed by atoms with Crippen molar-refractivity contribution < 1.29 is 96.0 Å². The molecule has 0 amide bonds. The average molecular weight is 1040 g/mol. The Labute approximate surface area is 429 Å². The lowest BCUT2D eigenvalue weighted by atomic mass is 9.44. The molecule has 7 fully saturated rings. The molecule has 3 N–H and O–H groups in total. The van der Waals surface area contributed by atoms with Crippen LogP contribution in [0.25, 0.3) is 0 Å². The maximum atomic E-state index is 13.2. The van der Waals surface area contributed by atoms with Gasteiger partial charge in [0.25, 0.3) is 0 Å². The Morgan fingerprint density at radius 3 is 1.63 bits per heavy atom. The summed E-state index contributed by atoms with van der Waals surface area (Å²) in [5, 5.41) is 34.2. The molecule has 416 valence electrons. The lowest BCUT2D eigenvalue weighted by Gasteiger charge is -2.64. The third-order valence-corrected chi connectivity index (χ3v) is 18.4. The third kappa shape index (κ3) is 10.6. The Morgan fingerprint density at radius 1 is 0.616 bits per heavy atom. The molecule has 0 aromatic heterocycles. The first-order valence-corrected chi connectivity index (χ1v) is 26.5. The second-order valence-corrected chi connectivity index (χ2v) is 22.6. The van der Waals surface area contributed by atoms with Crippen LogP contribution in [0.4, 0.5) is 0 Å². The van der Waals surface area contributed by atoms with Gasteiger partial charge in [0, 0.05) is 78.8 Å². The van der Waals surface area contributed by atoms with Gasteiger partial charge in [0.1, 0.15) is 54.6 Å². The van der Waals surface area contributed by atoms with Crippen molar-refractivity contribution in [3.63, 3.8) is 0 Å². The van der Waals surface area contributed by atoms with E-state index in [4.69, 9.17) is 66.3 Å². The normalized spacial score (nSPS) is 49.9. The Bertz CT molecular complexity index is 1970. The molecule has 0 radical (unpaired) electrons. The smallest absolute Gasteiger partial charge is 0.303 e. The van der Waals surface area contributed by atoms with Crippen LogP contribution in [0.5, 0.6) is 0 Å². The summed E-state index contributed by atoms with van der Waals surface area (Å²) >= 11 is 0. The molecule has 4 aliphatic carbocycles. The number of allylic oxidation sites excluding steroid dienone is 1. The van der Waals surface area contributed by atoms with E-state index in [1.807, 2.05) is 27.7 Å². The lowest BCUT2D eigenvalue weighted by Crippen LogP contribution is -2.72. The highest BCUT2D eigenvalue weighted by Crippen LogP contribution is 2.69. The largest absolute Gasteiger partial charge is 0.458 e. The van der Waals surface area contributed by atoms with Crippen LogP contribution in [0.15, 0.2) is 11.6 Å². The van der Waals surface area contributed by atoms with E-state index in [0.717, 1.165) is 5.57 Å². The average Bonchev–Trinajstić information content (AvgIpc) is 3.62. The fourth-order valence-electron chi connectivity index (χ4n) is 14.7. The minimum atomic E-state index is -1.35. The maximum Gasteiger partial charge on any atom is 0.303 e. The Balaban J connectivity index is 0.877. The monoisotopic (exact) mass is 1040 g/mol. The quantitative estimate of drug-likeness (QED) is 0.156. The molecule has 8 aliphatic rings. The van der Waals surface area contributed by atoms with Gasteiger partial charge in [-0.05, 0) is 84.5 Å². The van der Waals surface area contributed by atoms with Crippen molar-refractivity contribution in [1.82, 2.24) is 0 Å². The number of hydrogen-bond acceptors (Lipinski definition) is 20. The Kier molecular flexibility index (Phi) is 17.6. The summed E-state index contributed by atoms with van der Waals surface area (Å²) in [6, 6.07) is 0. The van der Waals surface area contributed by atoms with Crippen LogP contribution in [0.2, 0.25) is 0 Å². The SMILES string of the molecule is CO[C@H]1[C@@H](O)[C@H](O[C@@H]2[C@@H](C)O[C@@H](O[C@H]3[C@@H](OC)C[C@H](O[C@H]4[C@@H](OC)C[C@H](O[C@H]5CC[C@@]6(C)C(=CC[C@@H]7[C@@H]6[C@H](OC(C)=O)[C@@H](OC(C)=O)[C@]6(C)[C@@H](C(C)=O)CC[C@]76O)C5)O[C@@H]4C)O[C@@H]3C)C[C@H]2OC)O[C@H](C)[C@H]1O. The number of ether oxygens (including phenoxy) is 14. The van der Waals surface area contributed by atoms with Gasteiger partial charge < -0.3 is 81.6 Å². The molecule has 73 heavy (non-hydrogen) atoms. The van der Waals surface area contributed by atoms with Gasteiger partial charge in [-0.2, -0.15) is 0 Å². The molecule has 20 nitrogen and oxygen atoms in total. The minimum Gasteiger partial charge on any atom is -0.458 e. The molecule has 3 saturated carbocycles. The van der Waals surface area contributed by atoms with Crippen LogP contribution in [0, 0.1) is 28.6 Å². The first kappa shape index (κ1) is 56.9. The predicted octanol–water partition coefficient (Wildman–Crippen LogP) is 3.82. The van der Waals surface area contributed by atoms with Crippen molar-refractivity contribution in [2.75, 3.05) is 28.4 Å². The van der Waals surface area contributed by atoms with Crippen molar-refractivity contribution in [1.29, 1.82) is 0 Å². The summed E-state index contributed by atoms with van der Waals surface area (Å²) in [5.41, 5.74) is -1.91. The number of esters is 2. The fraction of sp³-hybridized carbons (Fsp3) is 0.906. The van der Waals surface area contributed by atoms with Crippen LogP contribution in [0.1, 0.15) is 120 Å². The molecule has 4 heterocycles. The number of aliphatic hydroxyl groups excluding tert-OH is 2. The first-order chi connectivity index (χ1) is 34.5. The molecule has 8 rings (SSSR count). The van der Waals surface area contributed by atoms with E-state index < -0.39 is 151 Å². The molecular weight excluding hydrogens is 957 g/mol. The summed E-state index contributed by atoms with van der Waals surface area (Å²) in [6.07, 6.45) is -6.94. The number of ketones is 1. The lowest BCUT2D eigenvalue weighted by molar-refractivity contribution is -0.355. The van der Waals surface area contributed by atoms with E-state index in [1.165, 1.54) is 27.9 Å². The molecule has 26 atom stereocenters. The van der Waals surface area contributed by atoms with Gasteiger partial charge in [0.2, 0.25) is 0 Å². The van der Waals surface area contributed by atoms with Crippen LogP contribution in [0.3, 0.4) is 0 Å². The van der Waals surface area contributed by atoms with Gasteiger partial charge in [-0.1, -0.05) is 25.5 Å². The van der Waals surface area contributed by atoms with E-state index in [0.29, 0.717) is 57.8 Å². The molecule has 20 heteroatoms. The van der Waals surface area contributed by atoms with Crippen molar-refractivity contribution in [3.05, 3.63) is 11.6 Å². The van der Waals surface area contributed by atoms with Crippen LogP contribution in [-0.2, 0) is 80.7 Å². The zero-order valence-corrected chi connectivity index (χ0v) is 45.0. The molecular formula is C53H84O20. The summed E-state index contributed by atoms with van der Waals surface area (Å²) in [6.45, 7) is 15.5. The van der Waals surface area contributed by atoms with Crippen molar-refractivity contribution in [3.8, 4) is 0 Å². The molecule has 0 aromatic rings. The topological polar surface area (TPSA) is 241 Å². The Hall–Kier alpha value is -2.25. The standard InChI is InChI=1S/C53H84O20/c1-24(54)33-17-19-53(59)34-15-14-31-20-32(16-18-51(31,8)41(34)47(68-29(6)55)49(52(33,53)9)69-30(7)56)70-38-21-35(60-10)44(26(3)64-38)71-39-22-36(61-11)45(27(4)65-39)72-40-23-37(62-12)46(28(5)66-40)73-50-43(58)48(63-13)42(57)25(2)67-50/h14,25-28,32-50,57-59H,15-23H2,1-13H3/t25-,26-,27-,28-,32+,33-,34-,35+,36+,37-,38+,39+,40+,41-,42-,43-,44-,45-,46-,47+,48-,49-,50+,51+,52+,53+/m1/s1. The van der Waals surface area contributed by atoms with E-state index in [9.17, 15) is 29.7 Å². The van der Waals surface area contributed by atoms with Gasteiger partial charge in [-0.15, -0.1) is 0 Å². The van der Waals surface area contributed by atoms with Gasteiger partial charge in [0.15, 0.2) is 25.2 Å². The number of methoxy groups -OCH3 is 4. The number of carbonyl (C=O) groups is 3. The first-order valence-electron chi connectivity index (χ1n) is 26.5. The van der Waals surface area contributed by atoms with E-state index in [1.54, 1.807) is 28.3 Å². The van der Waals surface area contributed by atoms with Crippen molar-refractivity contribution in [2.24, 2.45) is 28.6 Å². The number of carbonyl (C=O) groups excluding carboxylic acids is 3. The molecule has 4 aliphatic heterocycles. The van der Waals surface area contributed by atoms with E-state index in [2.05, 4.69) is 13.0 Å². The van der Waals surface area contributed by atoms with Gasteiger partial charge in [-0.25, -0.2) is 0 Å². The van der Waals surface area contributed by atoms with Crippen LogP contribution >= 0.6 is 0 Å². The second kappa shape index (κ2) is 22.6. The Morgan fingerprint density at radius 2 is 1.14 bits per heavy atom. The van der Waals surface area contributed by atoms with Gasteiger partial charge in [-0.3, -0.25) is 14.4 Å². The molecule has 4 saturated heterocycles. The maximum absolute atomic E-state index is 13.2. The van der Waals surface area contributed by atoms with Crippen molar-refractivity contribution in [2.45, 2.75) is 249 Å². The van der Waals surface area contributed by atoms with Crippen LogP contribution in [-0.4, -0.2) is 190 Å². The number of fused-ring (bicyclic) bond motifs is 5. The highest BCUT2D eigenvalue weighted by molar-refractivity contribution is 5.80. The summed E-state index contributed by atoms with van der Waals surface area (Å²) < 4.78 is 87.0. The van der Waals surface area contributed by atoms with E-state index in [-0.39, 0.29) is 23.7 Å². The zero-order chi connectivity index (χ0) is 53.1. The van der Waals surface area contributed by atoms with E-state index >= 15 is 0 Å². The summed E-state index contributed by atoms with van der Waals surface area (Å²) in [4.78, 5) is 38.9. The zero-order valence-electron chi connectivity index (χ0n) is 45.0. The number of rotatable bonds is 15. The number of hydrogen-bond donors (Lipinski definition) is 3. The van der Waals surface area contributed by atoms with Gasteiger partial charge >= 0.3 is 11.9 Å².